The van der Waals surface area contributed by atoms with Crippen LogP contribution < -0.4 is 5.32 Å². The van der Waals surface area contributed by atoms with Crippen molar-refractivity contribution in [3.63, 3.8) is 0 Å². The Morgan fingerprint density at radius 2 is 2.00 bits per heavy atom. The summed E-state index contributed by atoms with van der Waals surface area (Å²) >= 11 is 5.87. The van der Waals surface area contributed by atoms with E-state index in [0.717, 1.165) is 5.56 Å². The zero-order valence-corrected chi connectivity index (χ0v) is 13.2. The molecule has 0 saturated heterocycles. The molecule has 0 aliphatic heterocycles. The van der Waals surface area contributed by atoms with Crippen LogP contribution in [-0.2, 0) is 0 Å². The largest absolute Gasteiger partial charge is 0.345 e. The monoisotopic (exact) mass is 326 g/mol. The van der Waals surface area contributed by atoms with Crippen LogP contribution in [0.2, 0.25) is 5.02 Å². The van der Waals surface area contributed by atoms with Gasteiger partial charge in [0.1, 0.15) is 0 Å². The van der Waals surface area contributed by atoms with Gasteiger partial charge < -0.3 is 5.32 Å². The minimum atomic E-state index is -0.174. The van der Waals surface area contributed by atoms with E-state index < -0.39 is 0 Å². The minimum absolute atomic E-state index is 0.120. The molecule has 0 bridgehead atoms. The summed E-state index contributed by atoms with van der Waals surface area (Å²) in [6.45, 7) is 1.92. The van der Waals surface area contributed by atoms with E-state index in [1.54, 1.807) is 47.5 Å². The topological polar surface area (TPSA) is 59.8 Å². The predicted molar refractivity (Wildman–Crippen MR) is 88.7 cm³/mol. The number of benzene rings is 1. The number of halogens is 1. The molecule has 6 heteroatoms. The Balaban J connectivity index is 1.69. The van der Waals surface area contributed by atoms with Crippen LogP contribution in [0.1, 0.15) is 28.9 Å². The molecule has 0 unspecified atom stereocenters. The molecule has 2 aromatic heterocycles. The van der Waals surface area contributed by atoms with Crippen molar-refractivity contribution in [2.45, 2.75) is 13.0 Å². The Hall–Kier alpha value is -2.66. The summed E-state index contributed by atoms with van der Waals surface area (Å²) in [6, 6.07) is 12.6. The fourth-order valence-corrected chi connectivity index (χ4v) is 2.30. The van der Waals surface area contributed by atoms with Gasteiger partial charge in [-0.05, 0) is 42.8 Å². The van der Waals surface area contributed by atoms with Crippen LogP contribution >= 0.6 is 11.6 Å². The number of nitrogens with zero attached hydrogens (tertiary/aromatic N) is 3. The summed E-state index contributed by atoms with van der Waals surface area (Å²) < 4.78 is 1.64. The van der Waals surface area contributed by atoms with Gasteiger partial charge >= 0.3 is 0 Å². The lowest BCUT2D eigenvalue weighted by Crippen LogP contribution is -2.26. The number of nitrogens with one attached hydrogen (secondary N) is 1. The second-order valence-electron chi connectivity index (χ2n) is 5.10. The molecule has 1 atom stereocenters. The number of carbonyl (C=O) groups excluding carboxylic acids is 1. The molecule has 3 rings (SSSR count). The third-order valence-electron chi connectivity index (χ3n) is 3.47. The van der Waals surface area contributed by atoms with E-state index in [0.29, 0.717) is 16.4 Å². The second-order valence-corrected chi connectivity index (χ2v) is 5.54. The van der Waals surface area contributed by atoms with Crippen LogP contribution in [0, 0.1) is 0 Å². The number of amides is 1. The molecule has 0 aliphatic carbocycles. The van der Waals surface area contributed by atoms with E-state index in [1.807, 2.05) is 25.1 Å². The van der Waals surface area contributed by atoms with Gasteiger partial charge in [0.2, 0.25) is 0 Å². The van der Waals surface area contributed by atoms with Gasteiger partial charge in [-0.15, -0.1) is 0 Å². The molecular formula is C17H15ClN4O. The Morgan fingerprint density at radius 3 is 2.61 bits per heavy atom. The highest BCUT2D eigenvalue weighted by atomic mass is 35.5. The molecule has 0 spiro atoms. The van der Waals surface area contributed by atoms with Crippen LogP contribution in [0.25, 0.3) is 5.82 Å². The van der Waals surface area contributed by atoms with Crippen molar-refractivity contribution in [3.05, 3.63) is 77.2 Å². The number of hydrogen-bond donors (Lipinski definition) is 1. The minimum Gasteiger partial charge on any atom is -0.345 e. The first-order valence-electron chi connectivity index (χ1n) is 7.16. The SMILES string of the molecule is C[C@H](NC(=O)c1ccc(-n2cccn2)nc1)c1ccc(Cl)cc1. The Labute approximate surface area is 138 Å². The number of rotatable bonds is 4. The Bertz CT molecular complexity index is 782. The second kappa shape index (κ2) is 6.62. The molecule has 0 aliphatic rings. The molecule has 1 N–H and O–H groups in total. The molecule has 3 aromatic rings. The third-order valence-corrected chi connectivity index (χ3v) is 3.72. The molecule has 1 amide bonds. The van der Waals surface area contributed by atoms with Crippen LogP contribution in [0.4, 0.5) is 0 Å². The molecular weight excluding hydrogens is 312 g/mol. The standard InChI is InChI=1S/C17H15ClN4O/c1-12(13-3-6-15(18)7-4-13)21-17(23)14-5-8-16(19-11-14)22-10-2-9-20-22/h2-12H,1H3,(H,21,23)/t12-/m0/s1. The highest BCUT2D eigenvalue weighted by Crippen LogP contribution is 2.16. The van der Waals surface area contributed by atoms with E-state index in [2.05, 4.69) is 15.4 Å². The average Bonchev–Trinajstić information content (AvgIpc) is 3.10. The van der Waals surface area contributed by atoms with E-state index in [1.165, 1.54) is 0 Å². The molecule has 0 radical (unpaired) electrons. The van der Waals surface area contributed by atoms with Crippen molar-refractivity contribution in [3.8, 4) is 5.82 Å². The normalized spacial score (nSPS) is 11.9. The maximum atomic E-state index is 12.3. The lowest BCUT2D eigenvalue weighted by atomic mass is 10.1. The number of carbonyl (C=O) groups is 1. The van der Waals surface area contributed by atoms with Crippen molar-refractivity contribution >= 4 is 17.5 Å². The molecule has 23 heavy (non-hydrogen) atoms. The molecule has 0 fully saturated rings. The quantitative estimate of drug-likeness (QED) is 0.799. The number of hydrogen-bond acceptors (Lipinski definition) is 3. The Morgan fingerprint density at radius 1 is 1.22 bits per heavy atom. The lowest BCUT2D eigenvalue weighted by Gasteiger charge is -2.14. The summed E-state index contributed by atoms with van der Waals surface area (Å²) in [5.74, 6) is 0.490. The number of pyridine rings is 1. The van der Waals surface area contributed by atoms with Gasteiger partial charge in [-0.1, -0.05) is 23.7 Å². The maximum absolute atomic E-state index is 12.3. The predicted octanol–water partition coefficient (Wildman–Crippen LogP) is 3.41. The zero-order chi connectivity index (χ0) is 16.2. The average molecular weight is 327 g/mol. The smallest absolute Gasteiger partial charge is 0.253 e. The first kappa shape index (κ1) is 15.2. The van der Waals surface area contributed by atoms with Gasteiger partial charge in [0.15, 0.2) is 5.82 Å². The third kappa shape index (κ3) is 3.57. The highest BCUT2D eigenvalue weighted by molar-refractivity contribution is 6.30. The summed E-state index contributed by atoms with van der Waals surface area (Å²) in [5.41, 5.74) is 1.49. The summed E-state index contributed by atoms with van der Waals surface area (Å²) in [5, 5.41) is 7.71. The fraction of sp³-hybridized carbons (Fsp3) is 0.118. The van der Waals surface area contributed by atoms with E-state index in [9.17, 15) is 4.79 Å². The first-order valence-corrected chi connectivity index (χ1v) is 7.53. The van der Waals surface area contributed by atoms with Gasteiger partial charge in [0.05, 0.1) is 11.6 Å². The molecule has 116 valence electrons. The van der Waals surface area contributed by atoms with E-state index in [-0.39, 0.29) is 11.9 Å². The van der Waals surface area contributed by atoms with Crippen molar-refractivity contribution in [2.75, 3.05) is 0 Å². The molecule has 0 saturated carbocycles. The summed E-state index contributed by atoms with van der Waals surface area (Å²) in [7, 11) is 0. The van der Waals surface area contributed by atoms with Crippen molar-refractivity contribution in [1.82, 2.24) is 20.1 Å². The van der Waals surface area contributed by atoms with Crippen LogP contribution in [0.15, 0.2) is 61.1 Å². The van der Waals surface area contributed by atoms with Crippen molar-refractivity contribution in [2.24, 2.45) is 0 Å². The highest BCUT2D eigenvalue weighted by Gasteiger charge is 2.12. The lowest BCUT2D eigenvalue weighted by molar-refractivity contribution is 0.0939. The maximum Gasteiger partial charge on any atom is 0.253 e. The van der Waals surface area contributed by atoms with E-state index >= 15 is 0 Å². The van der Waals surface area contributed by atoms with E-state index in [4.69, 9.17) is 11.6 Å². The van der Waals surface area contributed by atoms with Gasteiger partial charge in [0, 0.05) is 23.6 Å². The molecule has 2 heterocycles. The van der Waals surface area contributed by atoms with Crippen molar-refractivity contribution < 1.29 is 4.79 Å². The molecule has 1 aromatic carbocycles. The van der Waals surface area contributed by atoms with Crippen molar-refractivity contribution in [1.29, 1.82) is 0 Å². The summed E-state index contributed by atoms with van der Waals surface area (Å²) in [6.07, 6.45) is 5.02. The van der Waals surface area contributed by atoms with Gasteiger partial charge in [-0.2, -0.15) is 5.10 Å². The number of aromatic nitrogens is 3. The zero-order valence-electron chi connectivity index (χ0n) is 12.5. The fourth-order valence-electron chi connectivity index (χ4n) is 2.17. The van der Waals surface area contributed by atoms with Crippen LogP contribution in [-0.4, -0.2) is 20.7 Å². The van der Waals surface area contributed by atoms with Gasteiger partial charge in [-0.25, -0.2) is 9.67 Å². The first-order chi connectivity index (χ1) is 11.1. The summed E-state index contributed by atoms with van der Waals surface area (Å²) in [4.78, 5) is 16.5. The van der Waals surface area contributed by atoms with Gasteiger partial charge in [-0.3, -0.25) is 4.79 Å². The molecule has 5 nitrogen and oxygen atoms in total. The van der Waals surface area contributed by atoms with Crippen LogP contribution in [0.5, 0.6) is 0 Å². The van der Waals surface area contributed by atoms with Gasteiger partial charge in [0.25, 0.3) is 5.91 Å². The Kier molecular flexibility index (Phi) is 4.39. The van der Waals surface area contributed by atoms with Crippen LogP contribution in [0.3, 0.4) is 0 Å².